The summed E-state index contributed by atoms with van der Waals surface area (Å²) in [5, 5.41) is 4.15. The van der Waals surface area contributed by atoms with E-state index < -0.39 is 0 Å². The van der Waals surface area contributed by atoms with Crippen molar-refractivity contribution in [3.8, 4) is 0 Å². The summed E-state index contributed by atoms with van der Waals surface area (Å²) < 4.78 is 2.73. The van der Waals surface area contributed by atoms with Crippen LogP contribution in [0.2, 0.25) is 0 Å². The Balaban J connectivity index is 2.11. The highest BCUT2D eigenvalue weighted by atomic mass is 79.9. The first-order valence-corrected chi connectivity index (χ1v) is 6.49. The lowest BCUT2D eigenvalue weighted by atomic mass is 10.1. The minimum absolute atomic E-state index is 0.0134. The first-order valence-electron chi connectivity index (χ1n) is 5.69. The molecule has 3 nitrogen and oxygen atoms in total. The van der Waals surface area contributed by atoms with Crippen molar-refractivity contribution in [2.75, 3.05) is 0 Å². The van der Waals surface area contributed by atoms with Gasteiger partial charge in [-0.05, 0) is 31.2 Å². The van der Waals surface area contributed by atoms with Crippen LogP contribution in [0.15, 0.2) is 47.2 Å². The van der Waals surface area contributed by atoms with E-state index in [4.69, 9.17) is 0 Å². The van der Waals surface area contributed by atoms with Gasteiger partial charge < -0.3 is 0 Å². The quantitative estimate of drug-likeness (QED) is 0.639. The fraction of sp³-hybridized carbons (Fsp3) is 0.143. The van der Waals surface area contributed by atoms with Gasteiger partial charge in [0.25, 0.3) is 0 Å². The fourth-order valence-electron chi connectivity index (χ4n) is 1.55. The maximum absolute atomic E-state index is 11.9. The van der Waals surface area contributed by atoms with Gasteiger partial charge in [0, 0.05) is 28.3 Å². The third-order valence-electron chi connectivity index (χ3n) is 2.51. The molecule has 0 spiro atoms. The highest BCUT2D eigenvalue weighted by Gasteiger charge is 2.02. The van der Waals surface area contributed by atoms with E-state index >= 15 is 0 Å². The molecule has 0 radical (unpaired) electrons. The van der Waals surface area contributed by atoms with Crippen LogP contribution in [0, 0.1) is 0 Å². The molecule has 0 N–H and O–H groups in total. The second-order valence-corrected chi connectivity index (χ2v) is 4.75. The molecule has 4 heteroatoms. The number of rotatable bonds is 4. The standard InChI is InChI=1S/C14H13BrN2O/c1-2-17-10-11(9-16-17)6-7-14(18)12-4-3-5-13(15)8-12/h3-10H,2H2,1H3/b7-6+. The molecule has 0 aliphatic heterocycles. The Labute approximate surface area is 114 Å². The zero-order chi connectivity index (χ0) is 13.0. The third-order valence-corrected chi connectivity index (χ3v) is 3.01. The van der Waals surface area contributed by atoms with E-state index in [-0.39, 0.29) is 5.78 Å². The van der Waals surface area contributed by atoms with E-state index in [9.17, 15) is 4.79 Å². The van der Waals surface area contributed by atoms with Crippen LogP contribution in [-0.4, -0.2) is 15.6 Å². The minimum atomic E-state index is -0.0134. The van der Waals surface area contributed by atoms with Crippen molar-refractivity contribution in [1.29, 1.82) is 0 Å². The largest absolute Gasteiger partial charge is 0.289 e. The number of ketones is 1. The van der Waals surface area contributed by atoms with Crippen molar-refractivity contribution in [3.05, 3.63) is 58.3 Å². The van der Waals surface area contributed by atoms with E-state index in [1.807, 2.05) is 36.0 Å². The average molecular weight is 305 g/mol. The van der Waals surface area contributed by atoms with Gasteiger partial charge >= 0.3 is 0 Å². The van der Waals surface area contributed by atoms with Crippen LogP contribution in [-0.2, 0) is 6.54 Å². The number of carbonyl (C=O) groups excluding carboxylic acids is 1. The maximum Gasteiger partial charge on any atom is 0.185 e. The van der Waals surface area contributed by atoms with Crippen LogP contribution in [0.5, 0.6) is 0 Å². The molecule has 0 aliphatic rings. The van der Waals surface area contributed by atoms with Crippen molar-refractivity contribution in [2.24, 2.45) is 0 Å². The lowest BCUT2D eigenvalue weighted by Crippen LogP contribution is -1.93. The van der Waals surface area contributed by atoms with Gasteiger partial charge in [-0.3, -0.25) is 9.48 Å². The summed E-state index contributed by atoms with van der Waals surface area (Å²) in [6.07, 6.45) is 7.00. The van der Waals surface area contributed by atoms with E-state index in [1.54, 1.807) is 24.4 Å². The highest BCUT2D eigenvalue weighted by Crippen LogP contribution is 2.13. The van der Waals surface area contributed by atoms with Crippen LogP contribution < -0.4 is 0 Å². The molecule has 2 aromatic rings. The molecule has 2 rings (SSSR count). The Hall–Kier alpha value is -1.68. The number of allylic oxidation sites excluding steroid dienone is 1. The lowest BCUT2D eigenvalue weighted by Gasteiger charge is -1.95. The van der Waals surface area contributed by atoms with Gasteiger partial charge in [-0.25, -0.2) is 0 Å². The summed E-state index contributed by atoms with van der Waals surface area (Å²) >= 11 is 3.35. The molecule has 0 amide bonds. The van der Waals surface area contributed by atoms with Gasteiger partial charge in [0.1, 0.15) is 0 Å². The number of aryl methyl sites for hydroxylation is 1. The normalized spacial score (nSPS) is 11.0. The Bertz CT molecular complexity index is 587. The summed E-state index contributed by atoms with van der Waals surface area (Å²) in [6.45, 7) is 2.85. The Morgan fingerprint density at radius 1 is 1.50 bits per heavy atom. The molecular weight excluding hydrogens is 292 g/mol. The van der Waals surface area contributed by atoms with Crippen molar-refractivity contribution in [1.82, 2.24) is 9.78 Å². The topological polar surface area (TPSA) is 34.9 Å². The van der Waals surface area contributed by atoms with E-state index in [1.165, 1.54) is 0 Å². The summed E-state index contributed by atoms with van der Waals surface area (Å²) in [7, 11) is 0. The number of hydrogen-bond acceptors (Lipinski definition) is 2. The molecule has 0 fully saturated rings. The summed E-state index contributed by atoms with van der Waals surface area (Å²) in [5.74, 6) is -0.0134. The molecule has 0 atom stereocenters. The Morgan fingerprint density at radius 3 is 3.00 bits per heavy atom. The van der Waals surface area contributed by atoms with Crippen LogP contribution in [0.3, 0.4) is 0 Å². The van der Waals surface area contributed by atoms with Gasteiger partial charge in [0.2, 0.25) is 0 Å². The van der Waals surface area contributed by atoms with Gasteiger partial charge in [-0.2, -0.15) is 5.10 Å². The van der Waals surface area contributed by atoms with E-state index in [2.05, 4.69) is 21.0 Å². The third kappa shape index (κ3) is 3.17. The van der Waals surface area contributed by atoms with Gasteiger partial charge in [-0.1, -0.05) is 28.1 Å². The van der Waals surface area contributed by atoms with Crippen molar-refractivity contribution in [3.63, 3.8) is 0 Å². The van der Waals surface area contributed by atoms with Crippen molar-refractivity contribution < 1.29 is 4.79 Å². The number of hydrogen-bond donors (Lipinski definition) is 0. The second-order valence-electron chi connectivity index (χ2n) is 3.84. The minimum Gasteiger partial charge on any atom is -0.289 e. The fourth-order valence-corrected chi connectivity index (χ4v) is 1.95. The zero-order valence-corrected chi connectivity index (χ0v) is 11.6. The molecular formula is C14H13BrN2O. The molecule has 18 heavy (non-hydrogen) atoms. The number of carbonyl (C=O) groups is 1. The monoisotopic (exact) mass is 304 g/mol. The molecule has 92 valence electrons. The predicted molar refractivity (Wildman–Crippen MR) is 75.4 cm³/mol. The van der Waals surface area contributed by atoms with Crippen molar-refractivity contribution >= 4 is 27.8 Å². The first-order chi connectivity index (χ1) is 8.69. The highest BCUT2D eigenvalue weighted by molar-refractivity contribution is 9.10. The van der Waals surface area contributed by atoms with Crippen LogP contribution in [0.4, 0.5) is 0 Å². The van der Waals surface area contributed by atoms with E-state index in [0.717, 1.165) is 16.6 Å². The molecule has 0 unspecified atom stereocenters. The number of nitrogens with zero attached hydrogens (tertiary/aromatic N) is 2. The van der Waals surface area contributed by atoms with Crippen molar-refractivity contribution in [2.45, 2.75) is 13.5 Å². The van der Waals surface area contributed by atoms with Gasteiger partial charge in [0.05, 0.1) is 6.20 Å². The summed E-state index contributed by atoms with van der Waals surface area (Å²) in [6, 6.07) is 7.35. The number of benzene rings is 1. The van der Waals surface area contributed by atoms with Crippen LogP contribution in [0.25, 0.3) is 6.08 Å². The molecule has 1 aromatic carbocycles. The maximum atomic E-state index is 11.9. The Morgan fingerprint density at radius 2 is 2.33 bits per heavy atom. The van der Waals surface area contributed by atoms with E-state index in [0.29, 0.717) is 5.56 Å². The molecule has 1 heterocycles. The molecule has 0 bridgehead atoms. The van der Waals surface area contributed by atoms with Crippen LogP contribution in [0.1, 0.15) is 22.8 Å². The summed E-state index contributed by atoms with van der Waals surface area (Å²) in [4.78, 5) is 11.9. The Kier molecular flexibility index (Phi) is 4.10. The predicted octanol–water partition coefficient (Wildman–Crippen LogP) is 3.56. The zero-order valence-electron chi connectivity index (χ0n) is 10.0. The second kappa shape index (κ2) is 5.78. The smallest absolute Gasteiger partial charge is 0.185 e. The number of halogens is 1. The summed E-state index contributed by atoms with van der Waals surface area (Å²) in [5.41, 5.74) is 1.60. The molecule has 0 saturated heterocycles. The molecule has 0 saturated carbocycles. The molecule has 1 aromatic heterocycles. The van der Waals surface area contributed by atoms with Gasteiger partial charge in [0.15, 0.2) is 5.78 Å². The lowest BCUT2D eigenvalue weighted by molar-refractivity contribution is 0.104. The molecule has 0 aliphatic carbocycles. The first kappa shape index (κ1) is 12.8. The average Bonchev–Trinajstić information content (AvgIpc) is 2.84. The van der Waals surface area contributed by atoms with Crippen LogP contribution >= 0.6 is 15.9 Å². The van der Waals surface area contributed by atoms with Gasteiger partial charge in [-0.15, -0.1) is 0 Å². The SMILES string of the molecule is CCn1cc(/C=C/C(=O)c2cccc(Br)c2)cn1. The number of aromatic nitrogens is 2.